The summed E-state index contributed by atoms with van der Waals surface area (Å²) < 4.78 is 0. The Hall–Kier alpha value is -1.44. The summed E-state index contributed by atoms with van der Waals surface area (Å²) in [6.07, 6.45) is 2.12. The van der Waals surface area contributed by atoms with E-state index in [1.807, 2.05) is 37.3 Å². The molecular weight excluding hydrogens is 200 g/mol. The highest BCUT2D eigenvalue weighted by molar-refractivity contribution is 6.04. The van der Waals surface area contributed by atoms with Gasteiger partial charge in [0.2, 0.25) is 0 Å². The summed E-state index contributed by atoms with van der Waals surface area (Å²) >= 11 is 0. The van der Waals surface area contributed by atoms with Gasteiger partial charge in [0.15, 0.2) is 0 Å². The van der Waals surface area contributed by atoms with Crippen LogP contribution in [-0.4, -0.2) is 11.6 Å². The van der Waals surface area contributed by atoms with Crippen molar-refractivity contribution in [3.8, 4) is 0 Å². The molecule has 0 N–H and O–H groups in total. The predicted molar refractivity (Wildman–Crippen MR) is 62.1 cm³/mol. The standard InChI is InChI=1S/C14H16O2/c1-14(8-7-12(15)9-13(14)16)10-11-5-3-2-4-6-11/h2-6H,7-10H2,1H3. The molecular formula is C14H16O2. The van der Waals surface area contributed by atoms with Crippen molar-refractivity contribution in [2.24, 2.45) is 5.41 Å². The molecule has 1 fully saturated rings. The highest BCUT2D eigenvalue weighted by atomic mass is 16.1. The Morgan fingerprint density at radius 2 is 1.88 bits per heavy atom. The van der Waals surface area contributed by atoms with Crippen LogP contribution < -0.4 is 0 Å². The Morgan fingerprint density at radius 3 is 2.50 bits per heavy atom. The topological polar surface area (TPSA) is 34.1 Å². The Bertz CT molecular complexity index is 408. The van der Waals surface area contributed by atoms with Crippen molar-refractivity contribution >= 4 is 11.6 Å². The average molecular weight is 216 g/mol. The van der Waals surface area contributed by atoms with E-state index in [0.29, 0.717) is 12.8 Å². The lowest BCUT2D eigenvalue weighted by Gasteiger charge is -2.31. The molecule has 84 valence electrons. The molecule has 0 radical (unpaired) electrons. The van der Waals surface area contributed by atoms with Crippen LogP contribution in [0.5, 0.6) is 0 Å². The Morgan fingerprint density at radius 1 is 1.19 bits per heavy atom. The van der Waals surface area contributed by atoms with E-state index in [1.54, 1.807) is 0 Å². The summed E-state index contributed by atoms with van der Waals surface area (Å²) in [7, 11) is 0. The minimum Gasteiger partial charge on any atom is -0.299 e. The fourth-order valence-corrected chi connectivity index (χ4v) is 2.27. The van der Waals surface area contributed by atoms with E-state index in [2.05, 4.69) is 0 Å². The summed E-state index contributed by atoms with van der Waals surface area (Å²) in [6, 6.07) is 10.0. The van der Waals surface area contributed by atoms with E-state index in [-0.39, 0.29) is 23.4 Å². The minimum atomic E-state index is -0.338. The van der Waals surface area contributed by atoms with Gasteiger partial charge >= 0.3 is 0 Å². The molecule has 0 aliphatic heterocycles. The average Bonchev–Trinajstić information content (AvgIpc) is 2.26. The lowest BCUT2D eigenvalue weighted by molar-refractivity contribution is -0.137. The third-order valence-corrected chi connectivity index (χ3v) is 3.42. The van der Waals surface area contributed by atoms with Crippen molar-refractivity contribution in [1.82, 2.24) is 0 Å². The molecule has 1 aromatic carbocycles. The smallest absolute Gasteiger partial charge is 0.146 e. The second-order valence-corrected chi connectivity index (χ2v) is 4.86. The first-order valence-corrected chi connectivity index (χ1v) is 5.69. The van der Waals surface area contributed by atoms with Crippen LogP contribution in [0.4, 0.5) is 0 Å². The molecule has 0 saturated heterocycles. The van der Waals surface area contributed by atoms with Gasteiger partial charge in [-0.15, -0.1) is 0 Å². The van der Waals surface area contributed by atoms with Crippen LogP contribution in [0.15, 0.2) is 30.3 Å². The first-order chi connectivity index (χ1) is 7.60. The molecule has 1 aliphatic carbocycles. The molecule has 0 heterocycles. The zero-order valence-electron chi connectivity index (χ0n) is 9.53. The molecule has 1 atom stereocenters. The maximum absolute atomic E-state index is 11.9. The molecule has 1 aromatic rings. The van der Waals surface area contributed by atoms with Gasteiger partial charge in [-0.3, -0.25) is 9.59 Å². The second kappa shape index (κ2) is 4.20. The van der Waals surface area contributed by atoms with Crippen LogP contribution in [0, 0.1) is 5.41 Å². The van der Waals surface area contributed by atoms with Crippen molar-refractivity contribution < 1.29 is 9.59 Å². The number of carbonyl (C=O) groups is 2. The van der Waals surface area contributed by atoms with Crippen LogP contribution in [0.2, 0.25) is 0 Å². The third kappa shape index (κ3) is 2.21. The van der Waals surface area contributed by atoms with Gasteiger partial charge in [-0.05, 0) is 18.4 Å². The molecule has 0 aromatic heterocycles. The summed E-state index contributed by atoms with van der Waals surface area (Å²) in [5.41, 5.74) is 0.836. The van der Waals surface area contributed by atoms with Gasteiger partial charge in [0, 0.05) is 11.8 Å². The molecule has 0 spiro atoms. The zero-order valence-corrected chi connectivity index (χ0v) is 9.53. The van der Waals surface area contributed by atoms with Gasteiger partial charge in [-0.25, -0.2) is 0 Å². The van der Waals surface area contributed by atoms with Crippen LogP contribution in [0.1, 0.15) is 31.7 Å². The predicted octanol–water partition coefficient (Wildman–Crippen LogP) is 2.56. The summed E-state index contributed by atoms with van der Waals surface area (Å²) in [4.78, 5) is 23.1. The quantitative estimate of drug-likeness (QED) is 0.712. The summed E-state index contributed by atoms with van der Waals surface area (Å²) in [5, 5.41) is 0. The van der Waals surface area contributed by atoms with E-state index >= 15 is 0 Å². The van der Waals surface area contributed by atoms with Gasteiger partial charge in [0.25, 0.3) is 0 Å². The van der Waals surface area contributed by atoms with Crippen LogP contribution >= 0.6 is 0 Å². The molecule has 0 bridgehead atoms. The van der Waals surface area contributed by atoms with Crippen molar-refractivity contribution in [2.45, 2.75) is 32.6 Å². The fraction of sp³-hybridized carbons (Fsp3) is 0.429. The fourth-order valence-electron chi connectivity index (χ4n) is 2.27. The molecule has 2 heteroatoms. The van der Waals surface area contributed by atoms with Crippen molar-refractivity contribution in [3.05, 3.63) is 35.9 Å². The number of hydrogen-bond donors (Lipinski definition) is 0. The van der Waals surface area contributed by atoms with E-state index in [0.717, 1.165) is 6.42 Å². The van der Waals surface area contributed by atoms with E-state index in [1.165, 1.54) is 5.56 Å². The second-order valence-electron chi connectivity index (χ2n) is 4.86. The van der Waals surface area contributed by atoms with E-state index < -0.39 is 0 Å². The van der Waals surface area contributed by atoms with Gasteiger partial charge in [-0.2, -0.15) is 0 Å². The molecule has 1 unspecified atom stereocenters. The number of hydrogen-bond acceptors (Lipinski definition) is 2. The first-order valence-electron chi connectivity index (χ1n) is 5.69. The molecule has 1 aliphatic rings. The van der Waals surface area contributed by atoms with E-state index in [4.69, 9.17) is 0 Å². The molecule has 2 rings (SSSR count). The monoisotopic (exact) mass is 216 g/mol. The number of rotatable bonds is 2. The lowest BCUT2D eigenvalue weighted by Crippen LogP contribution is -2.36. The maximum atomic E-state index is 11.9. The SMILES string of the molecule is CC1(Cc2ccccc2)CCC(=O)CC1=O. The van der Waals surface area contributed by atoms with Crippen LogP contribution in [-0.2, 0) is 16.0 Å². The van der Waals surface area contributed by atoms with Crippen molar-refractivity contribution in [1.29, 1.82) is 0 Å². The summed E-state index contributed by atoms with van der Waals surface area (Å²) in [5.74, 6) is 0.197. The van der Waals surface area contributed by atoms with Crippen molar-refractivity contribution in [2.75, 3.05) is 0 Å². The molecule has 16 heavy (non-hydrogen) atoms. The van der Waals surface area contributed by atoms with Gasteiger partial charge in [0.1, 0.15) is 11.6 Å². The van der Waals surface area contributed by atoms with Gasteiger partial charge in [0.05, 0.1) is 6.42 Å². The Labute approximate surface area is 95.7 Å². The van der Waals surface area contributed by atoms with Crippen LogP contribution in [0.25, 0.3) is 0 Å². The largest absolute Gasteiger partial charge is 0.299 e. The first kappa shape index (κ1) is 11.1. The highest BCUT2D eigenvalue weighted by Gasteiger charge is 2.37. The molecule has 2 nitrogen and oxygen atoms in total. The number of ketones is 2. The number of benzene rings is 1. The lowest BCUT2D eigenvalue weighted by atomic mass is 9.70. The Kier molecular flexibility index (Phi) is 2.90. The molecule has 1 saturated carbocycles. The van der Waals surface area contributed by atoms with Crippen LogP contribution in [0.3, 0.4) is 0 Å². The summed E-state index contributed by atoms with van der Waals surface area (Å²) in [6.45, 7) is 1.98. The maximum Gasteiger partial charge on any atom is 0.146 e. The molecule has 0 amide bonds. The van der Waals surface area contributed by atoms with E-state index in [9.17, 15) is 9.59 Å². The van der Waals surface area contributed by atoms with Gasteiger partial charge in [-0.1, -0.05) is 37.3 Å². The van der Waals surface area contributed by atoms with Crippen molar-refractivity contribution in [3.63, 3.8) is 0 Å². The number of Topliss-reactive ketones (excluding diaryl/α,β-unsaturated/α-hetero) is 2. The third-order valence-electron chi connectivity index (χ3n) is 3.42. The number of carbonyl (C=O) groups excluding carboxylic acids is 2. The zero-order chi connectivity index (χ0) is 11.6. The Balaban J connectivity index is 2.14. The minimum absolute atomic E-state index is 0.0931. The normalized spacial score (nSPS) is 25.8. The van der Waals surface area contributed by atoms with Gasteiger partial charge < -0.3 is 0 Å². The highest BCUT2D eigenvalue weighted by Crippen LogP contribution is 2.34.